The number of carbonyl (C=O) groups is 2. The molecule has 0 unspecified atom stereocenters. The Labute approximate surface area is 148 Å². The zero-order valence-corrected chi connectivity index (χ0v) is 14.2. The van der Waals surface area contributed by atoms with Crippen molar-refractivity contribution in [1.29, 1.82) is 5.26 Å². The minimum absolute atomic E-state index is 0.0614. The summed E-state index contributed by atoms with van der Waals surface area (Å²) in [5, 5.41) is 16.7. The first-order valence-corrected chi connectivity index (χ1v) is 8.36. The minimum atomic E-state index is -0.281. The van der Waals surface area contributed by atoms with Gasteiger partial charge in [-0.1, -0.05) is 0 Å². The third-order valence-electron chi connectivity index (χ3n) is 3.57. The van der Waals surface area contributed by atoms with Crippen LogP contribution in [0.1, 0.15) is 11.3 Å². The number of hydrogen-bond donors (Lipinski definition) is 2. The second-order valence-electron chi connectivity index (χ2n) is 5.26. The van der Waals surface area contributed by atoms with E-state index in [1.54, 1.807) is 28.5 Å². The first-order valence-electron chi connectivity index (χ1n) is 7.48. The predicted octanol–water partition coefficient (Wildman–Crippen LogP) is 1.73. The summed E-state index contributed by atoms with van der Waals surface area (Å²) < 4.78 is 5.19. The number of hydrogen-bond acceptors (Lipinski definition) is 6. The highest BCUT2D eigenvalue weighted by Gasteiger charge is 2.24. The second kappa shape index (κ2) is 7.19. The van der Waals surface area contributed by atoms with Crippen molar-refractivity contribution in [3.05, 3.63) is 34.8 Å². The van der Waals surface area contributed by atoms with Crippen LogP contribution in [-0.4, -0.2) is 37.1 Å². The number of aromatic nitrogens is 1. The standard InChI is InChI=1S/C16H15N5O3S/c1-24-13-3-2-10(8-17)6-12(13)20-14(22)7-11-9-25-16(19-11)21-5-4-18-15(21)23/h2-3,6,9H,4-5,7H2,1H3,(H,18,23)(H,20,22). The Bertz CT molecular complexity index is 858. The molecule has 0 radical (unpaired) electrons. The van der Waals surface area contributed by atoms with Crippen LogP contribution in [0.4, 0.5) is 15.6 Å². The summed E-state index contributed by atoms with van der Waals surface area (Å²) in [7, 11) is 1.49. The fourth-order valence-corrected chi connectivity index (χ4v) is 3.24. The van der Waals surface area contributed by atoms with Gasteiger partial charge in [-0.3, -0.25) is 9.69 Å². The van der Waals surface area contributed by atoms with E-state index in [0.717, 1.165) is 0 Å². The molecule has 2 aromatic rings. The number of carbonyl (C=O) groups excluding carboxylic acids is 2. The van der Waals surface area contributed by atoms with Crippen molar-refractivity contribution in [2.45, 2.75) is 6.42 Å². The molecule has 2 N–H and O–H groups in total. The zero-order valence-electron chi connectivity index (χ0n) is 13.4. The van der Waals surface area contributed by atoms with Gasteiger partial charge in [-0.05, 0) is 18.2 Å². The molecule has 25 heavy (non-hydrogen) atoms. The molecule has 1 aromatic carbocycles. The summed E-state index contributed by atoms with van der Waals surface area (Å²) >= 11 is 1.32. The van der Waals surface area contributed by atoms with Gasteiger partial charge in [0.25, 0.3) is 0 Å². The molecular formula is C16H15N5O3S. The van der Waals surface area contributed by atoms with Crippen molar-refractivity contribution in [3.63, 3.8) is 0 Å². The summed E-state index contributed by atoms with van der Waals surface area (Å²) in [6, 6.07) is 6.63. The molecule has 1 aliphatic heterocycles. The molecule has 1 fully saturated rings. The smallest absolute Gasteiger partial charge is 0.323 e. The Kier molecular flexibility index (Phi) is 4.81. The molecule has 0 aliphatic carbocycles. The number of urea groups is 1. The SMILES string of the molecule is COc1ccc(C#N)cc1NC(=O)Cc1csc(N2CCNC2=O)n1. The number of amides is 3. The van der Waals surface area contributed by atoms with E-state index in [0.29, 0.717) is 40.9 Å². The van der Waals surface area contributed by atoms with Gasteiger partial charge in [-0.15, -0.1) is 11.3 Å². The topological polar surface area (TPSA) is 107 Å². The number of benzene rings is 1. The van der Waals surface area contributed by atoms with Crippen LogP contribution in [-0.2, 0) is 11.2 Å². The molecule has 128 valence electrons. The monoisotopic (exact) mass is 357 g/mol. The van der Waals surface area contributed by atoms with Crippen molar-refractivity contribution in [3.8, 4) is 11.8 Å². The number of rotatable bonds is 5. The lowest BCUT2D eigenvalue weighted by atomic mass is 10.2. The summed E-state index contributed by atoms with van der Waals surface area (Å²) in [6.45, 7) is 1.15. The van der Waals surface area contributed by atoms with E-state index in [9.17, 15) is 9.59 Å². The summed E-state index contributed by atoms with van der Waals surface area (Å²) in [5.74, 6) is 0.191. The van der Waals surface area contributed by atoms with E-state index >= 15 is 0 Å². The minimum Gasteiger partial charge on any atom is -0.495 e. The lowest BCUT2D eigenvalue weighted by Gasteiger charge is -2.10. The maximum atomic E-state index is 12.3. The highest BCUT2D eigenvalue weighted by molar-refractivity contribution is 7.14. The van der Waals surface area contributed by atoms with Crippen LogP contribution in [0.3, 0.4) is 0 Å². The summed E-state index contributed by atoms with van der Waals surface area (Å²) in [6.07, 6.45) is 0.0614. The van der Waals surface area contributed by atoms with Crippen LogP contribution in [0.5, 0.6) is 5.75 Å². The highest BCUT2D eigenvalue weighted by atomic mass is 32.1. The Morgan fingerprint density at radius 2 is 2.40 bits per heavy atom. The molecular weight excluding hydrogens is 342 g/mol. The number of ether oxygens (including phenoxy) is 1. The van der Waals surface area contributed by atoms with Crippen molar-refractivity contribution < 1.29 is 14.3 Å². The lowest BCUT2D eigenvalue weighted by Crippen LogP contribution is -2.27. The van der Waals surface area contributed by atoms with Gasteiger partial charge in [-0.25, -0.2) is 9.78 Å². The van der Waals surface area contributed by atoms with E-state index in [2.05, 4.69) is 15.6 Å². The number of thiazole rings is 1. The second-order valence-corrected chi connectivity index (χ2v) is 6.09. The van der Waals surface area contributed by atoms with Gasteiger partial charge in [0.2, 0.25) is 5.91 Å². The fourth-order valence-electron chi connectivity index (χ4n) is 2.39. The molecule has 9 heteroatoms. The lowest BCUT2D eigenvalue weighted by molar-refractivity contribution is -0.115. The molecule has 8 nitrogen and oxygen atoms in total. The van der Waals surface area contributed by atoms with Crippen molar-refractivity contribution in [2.24, 2.45) is 0 Å². The average Bonchev–Trinajstić information content (AvgIpc) is 3.23. The number of nitrogens with zero attached hydrogens (tertiary/aromatic N) is 3. The Balaban J connectivity index is 1.68. The van der Waals surface area contributed by atoms with Gasteiger partial charge in [0.1, 0.15) is 5.75 Å². The normalized spacial score (nSPS) is 13.3. The Morgan fingerprint density at radius 1 is 1.56 bits per heavy atom. The number of nitrogens with one attached hydrogen (secondary N) is 2. The maximum Gasteiger partial charge on any atom is 0.323 e. The quantitative estimate of drug-likeness (QED) is 0.847. The first-order chi connectivity index (χ1) is 12.1. The van der Waals surface area contributed by atoms with E-state index in [1.165, 1.54) is 18.4 Å². The van der Waals surface area contributed by atoms with E-state index in [-0.39, 0.29) is 18.4 Å². The molecule has 0 atom stereocenters. The molecule has 0 bridgehead atoms. The third kappa shape index (κ3) is 3.70. The third-order valence-corrected chi connectivity index (χ3v) is 4.48. The van der Waals surface area contributed by atoms with Crippen LogP contribution < -0.4 is 20.3 Å². The molecule has 3 amide bonds. The molecule has 1 saturated heterocycles. The zero-order chi connectivity index (χ0) is 17.8. The number of nitriles is 1. The first kappa shape index (κ1) is 16.7. The maximum absolute atomic E-state index is 12.3. The van der Waals surface area contributed by atoms with Gasteiger partial charge in [-0.2, -0.15) is 5.26 Å². The fraction of sp³-hybridized carbons (Fsp3) is 0.250. The van der Waals surface area contributed by atoms with Crippen molar-refractivity contribution in [1.82, 2.24) is 10.3 Å². The van der Waals surface area contributed by atoms with Gasteiger partial charge in [0, 0.05) is 18.5 Å². The Morgan fingerprint density at radius 3 is 3.08 bits per heavy atom. The average molecular weight is 357 g/mol. The number of methoxy groups -OCH3 is 1. The number of anilines is 2. The summed E-state index contributed by atoms with van der Waals surface area (Å²) in [4.78, 5) is 29.8. The molecule has 3 rings (SSSR count). The van der Waals surface area contributed by atoms with Crippen molar-refractivity contribution in [2.75, 3.05) is 30.4 Å². The van der Waals surface area contributed by atoms with E-state index < -0.39 is 0 Å². The van der Waals surface area contributed by atoms with Crippen LogP contribution in [0.15, 0.2) is 23.6 Å². The summed E-state index contributed by atoms with van der Waals surface area (Å²) in [5.41, 5.74) is 1.43. The molecule has 1 aromatic heterocycles. The molecule has 0 spiro atoms. The van der Waals surface area contributed by atoms with Gasteiger partial charge in [0.05, 0.1) is 36.5 Å². The molecule has 2 heterocycles. The molecule has 0 saturated carbocycles. The van der Waals surface area contributed by atoms with Crippen LogP contribution in [0.25, 0.3) is 0 Å². The van der Waals surface area contributed by atoms with Gasteiger partial charge in [0.15, 0.2) is 5.13 Å². The Hall–Kier alpha value is -3.12. The van der Waals surface area contributed by atoms with E-state index in [1.807, 2.05) is 6.07 Å². The van der Waals surface area contributed by atoms with Gasteiger partial charge >= 0.3 is 6.03 Å². The predicted molar refractivity (Wildman–Crippen MR) is 92.9 cm³/mol. The van der Waals surface area contributed by atoms with Crippen molar-refractivity contribution >= 4 is 34.1 Å². The largest absolute Gasteiger partial charge is 0.495 e. The van der Waals surface area contributed by atoms with Crippen LogP contribution >= 0.6 is 11.3 Å². The molecule has 1 aliphatic rings. The van der Waals surface area contributed by atoms with Gasteiger partial charge < -0.3 is 15.4 Å². The van der Waals surface area contributed by atoms with Crippen LogP contribution in [0.2, 0.25) is 0 Å². The highest BCUT2D eigenvalue weighted by Crippen LogP contribution is 2.26. The van der Waals surface area contributed by atoms with Crippen LogP contribution in [0, 0.1) is 11.3 Å². The van der Waals surface area contributed by atoms with E-state index in [4.69, 9.17) is 10.00 Å².